The lowest BCUT2D eigenvalue weighted by atomic mass is 10.2. The zero-order valence-corrected chi connectivity index (χ0v) is 13.8. The number of benzene rings is 1. The van der Waals surface area contributed by atoms with Gasteiger partial charge in [0.25, 0.3) is 5.91 Å². The van der Waals surface area contributed by atoms with Crippen LogP contribution in [-0.2, 0) is 0 Å². The van der Waals surface area contributed by atoms with Gasteiger partial charge in [0.2, 0.25) is 0 Å². The van der Waals surface area contributed by atoms with Crippen molar-refractivity contribution in [2.75, 3.05) is 46.3 Å². The third-order valence-corrected chi connectivity index (χ3v) is 4.34. The van der Waals surface area contributed by atoms with Crippen molar-refractivity contribution in [1.29, 1.82) is 0 Å². The molecule has 116 valence electrons. The molecule has 0 bridgehead atoms. The average Bonchev–Trinajstić information content (AvgIpc) is 2.48. The van der Waals surface area contributed by atoms with Crippen LogP contribution >= 0.6 is 15.9 Å². The summed E-state index contributed by atoms with van der Waals surface area (Å²) in [6.07, 6.45) is 0.880. The molecular weight excluding hydrogens is 337 g/mol. The van der Waals surface area contributed by atoms with Crippen molar-refractivity contribution in [3.8, 4) is 0 Å². The first kappa shape index (κ1) is 16.4. The van der Waals surface area contributed by atoms with E-state index in [2.05, 4.69) is 38.1 Å². The van der Waals surface area contributed by atoms with Crippen LogP contribution in [0.25, 0.3) is 0 Å². The van der Waals surface area contributed by atoms with Gasteiger partial charge in [0.05, 0.1) is 10.0 Å². The number of nitrogens with zero attached hydrogens (tertiary/aromatic N) is 2. The van der Waals surface area contributed by atoms with Crippen LogP contribution in [0.2, 0.25) is 0 Å². The summed E-state index contributed by atoms with van der Waals surface area (Å²) in [7, 11) is 2.13. The van der Waals surface area contributed by atoms with Crippen LogP contribution in [0.3, 0.4) is 0 Å². The topological polar surface area (TPSA) is 35.6 Å². The molecule has 1 saturated heterocycles. The van der Waals surface area contributed by atoms with E-state index in [1.54, 1.807) is 12.1 Å². The molecule has 1 aromatic carbocycles. The normalized spacial score (nSPS) is 16.9. The molecule has 1 aliphatic rings. The van der Waals surface area contributed by atoms with Gasteiger partial charge in [-0.15, -0.1) is 0 Å². The Morgan fingerprint density at radius 1 is 1.33 bits per heavy atom. The Kier molecular flexibility index (Phi) is 6.14. The summed E-state index contributed by atoms with van der Waals surface area (Å²) >= 11 is 3.09. The van der Waals surface area contributed by atoms with Crippen molar-refractivity contribution < 1.29 is 9.18 Å². The molecule has 0 unspecified atom stereocenters. The fraction of sp³-hybridized carbons (Fsp3) is 0.533. The summed E-state index contributed by atoms with van der Waals surface area (Å²) in [5.41, 5.74) is 0.0870. The van der Waals surface area contributed by atoms with E-state index in [4.69, 9.17) is 0 Å². The largest absolute Gasteiger partial charge is 0.352 e. The van der Waals surface area contributed by atoms with Crippen LogP contribution in [0.15, 0.2) is 22.7 Å². The Labute approximate surface area is 133 Å². The molecule has 0 atom stereocenters. The van der Waals surface area contributed by atoms with Crippen molar-refractivity contribution in [2.24, 2.45) is 0 Å². The van der Waals surface area contributed by atoms with Crippen molar-refractivity contribution in [2.45, 2.75) is 6.42 Å². The van der Waals surface area contributed by atoms with E-state index in [0.29, 0.717) is 11.0 Å². The van der Waals surface area contributed by atoms with Crippen LogP contribution in [0.4, 0.5) is 4.39 Å². The van der Waals surface area contributed by atoms with Gasteiger partial charge in [0.1, 0.15) is 5.82 Å². The van der Waals surface area contributed by atoms with Crippen LogP contribution in [0.5, 0.6) is 0 Å². The molecule has 0 aromatic heterocycles. The molecule has 1 aliphatic heterocycles. The molecule has 6 heteroatoms. The highest BCUT2D eigenvalue weighted by atomic mass is 79.9. The SMILES string of the molecule is CN1CCN(CCCNC(=O)c2cccc(Br)c2F)CC1. The number of rotatable bonds is 5. The molecule has 0 radical (unpaired) electrons. The van der Waals surface area contributed by atoms with Crippen LogP contribution < -0.4 is 5.32 Å². The van der Waals surface area contributed by atoms with E-state index in [9.17, 15) is 9.18 Å². The third kappa shape index (κ3) is 4.76. The molecule has 1 heterocycles. The van der Waals surface area contributed by atoms with E-state index in [1.165, 1.54) is 6.07 Å². The van der Waals surface area contributed by atoms with Crippen LogP contribution in [0, 0.1) is 5.82 Å². The number of piperazine rings is 1. The van der Waals surface area contributed by atoms with Gasteiger partial charge in [-0.05, 0) is 48.1 Å². The predicted molar refractivity (Wildman–Crippen MR) is 85.0 cm³/mol. The van der Waals surface area contributed by atoms with Gasteiger partial charge < -0.3 is 15.1 Å². The van der Waals surface area contributed by atoms with Crippen molar-refractivity contribution in [1.82, 2.24) is 15.1 Å². The molecule has 0 spiro atoms. The van der Waals surface area contributed by atoms with Crippen molar-refractivity contribution in [3.05, 3.63) is 34.1 Å². The minimum absolute atomic E-state index is 0.0870. The quantitative estimate of drug-likeness (QED) is 0.818. The second-order valence-electron chi connectivity index (χ2n) is 5.36. The first-order valence-corrected chi connectivity index (χ1v) is 8.00. The lowest BCUT2D eigenvalue weighted by Crippen LogP contribution is -2.45. The monoisotopic (exact) mass is 357 g/mol. The third-order valence-electron chi connectivity index (χ3n) is 3.73. The Balaban J connectivity index is 1.71. The molecule has 1 aromatic rings. The number of nitrogens with one attached hydrogen (secondary N) is 1. The highest BCUT2D eigenvalue weighted by molar-refractivity contribution is 9.10. The van der Waals surface area contributed by atoms with Gasteiger partial charge in [0, 0.05) is 32.7 Å². The summed E-state index contributed by atoms with van der Waals surface area (Å²) in [6.45, 7) is 5.87. The number of hydrogen-bond acceptors (Lipinski definition) is 3. The van der Waals surface area contributed by atoms with E-state index < -0.39 is 5.82 Å². The molecule has 0 saturated carbocycles. The fourth-order valence-electron chi connectivity index (χ4n) is 2.35. The number of halogens is 2. The van der Waals surface area contributed by atoms with Gasteiger partial charge in [0.15, 0.2) is 0 Å². The summed E-state index contributed by atoms with van der Waals surface area (Å²) in [6, 6.07) is 4.74. The molecule has 4 nitrogen and oxygen atoms in total. The zero-order valence-electron chi connectivity index (χ0n) is 12.2. The smallest absolute Gasteiger partial charge is 0.254 e. The zero-order chi connectivity index (χ0) is 15.2. The standard InChI is InChI=1S/C15H21BrFN3O/c1-19-8-10-20(11-9-19)7-3-6-18-15(21)12-4-2-5-13(16)14(12)17/h2,4-5H,3,6-11H2,1H3,(H,18,21). The second-order valence-corrected chi connectivity index (χ2v) is 6.21. The van der Waals surface area contributed by atoms with Gasteiger partial charge in [-0.2, -0.15) is 0 Å². The van der Waals surface area contributed by atoms with Gasteiger partial charge in [-0.25, -0.2) is 4.39 Å². The summed E-state index contributed by atoms with van der Waals surface area (Å²) in [5.74, 6) is -0.860. The van der Waals surface area contributed by atoms with Crippen LogP contribution in [0.1, 0.15) is 16.8 Å². The van der Waals surface area contributed by atoms with E-state index >= 15 is 0 Å². The lowest BCUT2D eigenvalue weighted by Gasteiger charge is -2.32. The molecular formula is C15H21BrFN3O. The number of hydrogen-bond donors (Lipinski definition) is 1. The average molecular weight is 358 g/mol. The van der Waals surface area contributed by atoms with E-state index in [1.807, 2.05) is 0 Å². The Morgan fingerprint density at radius 2 is 2.05 bits per heavy atom. The molecule has 1 N–H and O–H groups in total. The van der Waals surface area contributed by atoms with Crippen molar-refractivity contribution in [3.63, 3.8) is 0 Å². The molecule has 21 heavy (non-hydrogen) atoms. The molecule has 1 amide bonds. The predicted octanol–water partition coefficient (Wildman–Crippen LogP) is 1.96. The minimum Gasteiger partial charge on any atom is -0.352 e. The number of carbonyl (C=O) groups excluding carboxylic acids is 1. The first-order valence-electron chi connectivity index (χ1n) is 7.21. The molecule has 2 rings (SSSR count). The minimum atomic E-state index is -0.505. The van der Waals surface area contributed by atoms with E-state index in [-0.39, 0.29) is 11.5 Å². The van der Waals surface area contributed by atoms with Gasteiger partial charge in [-0.3, -0.25) is 4.79 Å². The second kappa shape index (κ2) is 7.87. The highest BCUT2D eigenvalue weighted by Crippen LogP contribution is 2.18. The molecule has 1 fully saturated rings. The maximum absolute atomic E-state index is 13.8. The summed E-state index contributed by atoms with van der Waals surface area (Å²) in [5, 5.41) is 2.78. The van der Waals surface area contributed by atoms with Gasteiger partial charge in [-0.1, -0.05) is 6.07 Å². The lowest BCUT2D eigenvalue weighted by molar-refractivity contribution is 0.0945. The number of amides is 1. The summed E-state index contributed by atoms with van der Waals surface area (Å²) in [4.78, 5) is 16.6. The first-order chi connectivity index (χ1) is 10.1. The fourth-order valence-corrected chi connectivity index (χ4v) is 2.72. The van der Waals surface area contributed by atoms with E-state index in [0.717, 1.165) is 39.1 Å². The van der Waals surface area contributed by atoms with Crippen molar-refractivity contribution >= 4 is 21.8 Å². The maximum atomic E-state index is 13.8. The summed E-state index contributed by atoms with van der Waals surface area (Å²) < 4.78 is 14.1. The Bertz CT molecular complexity index is 490. The molecule has 0 aliphatic carbocycles. The maximum Gasteiger partial charge on any atom is 0.254 e. The Hall–Kier alpha value is -0.980. The highest BCUT2D eigenvalue weighted by Gasteiger charge is 2.15. The van der Waals surface area contributed by atoms with Gasteiger partial charge >= 0.3 is 0 Å². The Morgan fingerprint density at radius 3 is 2.76 bits per heavy atom. The number of likely N-dealkylation sites (N-methyl/N-ethyl adjacent to an activating group) is 1. The number of carbonyl (C=O) groups is 1. The van der Waals surface area contributed by atoms with Crippen LogP contribution in [-0.4, -0.2) is 62.0 Å².